The van der Waals surface area contributed by atoms with Gasteiger partial charge in [0.2, 0.25) is 0 Å². The number of nitrogens with one attached hydrogen (secondary N) is 1. The highest BCUT2D eigenvalue weighted by molar-refractivity contribution is 5.75. The fraction of sp³-hybridized carbons (Fsp3) is 0.923. The van der Waals surface area contributed by atoms with Gasteiger partial charge >= 0.3 is 5.97 Å². The first-order valence-electron chi connectivity index (χ1n) is 7.17. The second kappa shape index (κ2) is 13.2. The topological polar surface area (TPSA) is 87.1 Å². The molecule has 110 valence electrons. The van der Waals surface area contributed by atoms with Crippen molar-refractivity contribution in [3.8, 4) is 0 Å². The first kappa shape index (κ1) is 17.7. The first-order valence-corrected chi connectivity index (χ1v) is 7.17. The van der Waals surface area contributed by atoms with Crippen molar-refractivity contribution in [1.82, 2.24) is 5.32 Å². The monoisotopic (exact) mass is 270 g/mol. The fourth-order valence-corrected chi connectivity index (χ4v) is 1.83. The van der Waals surface area contributed by atoms with Gasteiger partial charge in [-0.3, -0.25) is 4.79 Å². The van der Waals surface area contributed by atoms with Gasteiger partial charge in [0.1, 0.15) is 6.04 Å². The van der Waals surface area contributed by atoms with Crippen molar-refractivity contribution >= 4 is 5.97 Å². The Hall–Kier alpha value is -1.26. The minimum absolute atomic E-state index is 0.209. The molecule has 6 nitrogen and oxygen atoms in total. The molecule has 0 saturated carbocycles. The summed E-state index contributed by atoms with van der Waals surface area (Å²) < 4.78 is 5.03. The summed E-state index contributed by atoms with van der Waals surface area (Å²) in [6.45, 7) is 5.23. The number of carbonyl (C=O) groups excluding carboxylic acids is 1. The number of hydrogen-bond acceptors (Lipinski definition) is 4. The van der Waals surface area contributed by atoms with Crippen LogP contribution in [0, 0.1) is 0 Å². The largest absolute Gasteiger partial charge is 0.465 e. The van der Waals surface area contributed by atoms with E-state index < -0.39 is 0 Å². The SMILES string of the molecule is CCCCCCCC(NCCN=[N+]=[N-])C(=O)OCC. The Morgan fingerprint density at radius 2 is 2.05 bits per heavy atom. The number of hydrogen-bond donors (Lipinski definition) is 1. The summed E-state index contributed by atoms with van der Waals surface area (Å²) in [4.78, 5) is 14.4. The molecule has 0 aromatic heterocycles. The van der Waals surface area contributed by atoms with Crippen LogP contribution in [-0.2, 0) is 9.53 Å². The number of azide groups is 1. The molecule has 0 bridgehead atoms. The van der Waals surface area contributed by atoms with Gasteiger partial charge in [-0.15, -0.1) is 0 Å². The zero-order valence-corrected chi connectivity index (χ0v) is 12.1. The van der Waals surface area contributed by atoms with Crippen LogP contribution < -0.4 is 5.32 Å². The molecule has 19 heavy (non-hydrogen) atoms. The molecule has 0 aliphatic rings. The molecule has 0 aromatic carbocycles. The Morgan fingerprint density at radius 1 is 1.32 bits per heavy atom. The smallest absolute Gasteiger partial charge is 0.323 e. The average Bonchev–Trinajstić information content (AvgIpc) is 2.41. The zero-order valence-electron chi connectivity index (χ0n) is 12.1. The maximum atomic E-state index is 11.7. The van der Waals surface area contributed by atoms with Gasteiger partial charge in [-0.05, 0) is 18.9 Å². The van der Waals surface area contributed by atoms with Gasteiger partial charge in [-0.25, -0.2) is 0 Å². The molecule has 0 aliphatic carbocycles. The zero-order chi connectivity index (χ0) is 14.3. The Bertz CT molecular complexity index is 278. The van der Waals surface area contributed by atoms with Crippen LogP contribution in [0.2, 0.25) is 0 Å². The molecule has 1 unspecified atom stereocenters. The molecule has 0 radical (unpaired) electrons. The van der Waals surface area contributed by atoms with Crippen LogP contribution in [0.5, 0.6) is 0 Å². The van der Waals surface area contributed by atoms with E-state index in [2.05, 4.69) is 22.3 Å². The molecule has 0 heterocycles. The lowest BCUT2D eigenvalue weighted by atomic mass is 10.1. The van der Waals surface area contributed by atoms with Gasteiger partial charge < -0.3 is 10.1 Å². The number of carbonyl (C=O) groups is 1. The van der Waals surface area contributed by atoms with Gasteiger partial charge in [-0.2, -0.15) is 0 Å². The second-order valence-electron chi connectivity index (χ2n) is 4.42. The standard InChI is InChI=1S/C13H26N4O2/c1-3-5-6-7-8-9-12(13(18)19-4-2)15-10-11-16-17-14/h12,15H,3-11H2,1-2H3. The maximum absolute atomic E-state index is 11.7. The van der Waals surface area contributed by atoms with Crippen molar-refractivity contribution < 1.29 is 9.53 Å². The van der Waals surface area contributed by atoms with Crippen LogP contribution >= 0.6 is 0 Å². The predicted octanol–water partition coefficient (Wildman–Crippen LogP) is 3.18. The van der Waals surface area contributed by atoms with Crippen molar-refractivity contribution in [2.75, 3.05) is 19.7 Å². The van der Waals surface area contributed by atoms with Gasteiger partial charge in [0.25, 0.3) is 0 Å². The van der Waals surface area contributed by atoms with Gasteiger partial charge in [-0.1, -0.05) is 44.1 Å². The normalized spacial score (nSPS) is 11.7. The van der Waals surface area contributed by atoms with E-state index in [0.29, 0.717) is 19.7 Å². The van der Waals surface area contributed by atoms with Crippen molar-refractivity contribution in [2.45, 2.75) is 58.4 Å². The van der Waals surface area contributed by atoms with Gasteiger partial charge in [0, 0.05) is 18.0 Å². The van der Waals surface area contributed by atoms with Crippen LogP contribution in [0.15, 0.2) is 5.11 Å². The lowest BCUT2D eigenvalue weighted by Crippen LogP contribution is -2.39. The molecular weight excluding hydrogens is 244 g/mol. The van der Waals surface area contributed by atoms with E-state index >= 15 is 0 Å². The molecular formula is C13H26N4O2. The van der Waals surface area contributed by atoms with Crippen molar-refractivity contribution in [1.29, 1.82) is 0 Å². The highest BCUT2D eigenvalue weighted by Crippen LogP contribution is 2.08. The third-order valence-electron chi connectivity index (χ3n) is 2.83. The molecule has 0 saturated heterocycles. The van der Waals surface area contributed by atoms with Crippen molar-refractivity contribution in [2.24, 2.45) is 5.11 Å². The summed E-state index contributed by atoms with van der Waals surface area (Å²) in [6.07, 6.45) is 6.60. The minimum Gasteiger partial charge on any atom is -0.465 e. The number of ether oxygens (including phenoxy) is 1. The second-order valence-corrected chi connectivity index (χ2v) is 4.42. The van der Waals surface area contributed by atoms with E-state index in [4.69, 9.17) is 10.3 Å². The predicted molar refractivity (Wildman–Crippen MR) is 75.8 cm³/mol. The average molecular weight is 270 g/mol. The summed E-state index contributed by atoms with van der Waals surface area (Å²) in [5.74, 6) is -0.209. The quantitative estimate of drug-likeness (QED) is 0.194. The molecule has 6 heteroatoms. The Labute approximate surface area is 115 Å². The van der Waals surface area contributed by atoms with Gasteiger partial charge in [0.05, 0.1) is 6.61 Å². The van der Waals surface area contributed by atoms with E-state index in [9.17, 15) is 4.79 Å². The van der Waals surface area contributed by atoms with Crippen molar-refractivity contribution in [3.05, 3.63) is 10.4 Å². The number of unbranched alkanes of at least 4 members (excludes halogenated alkanes) is 4. The van der Waals surface area contributed by atoms with Crippen LogP contribution in [0.25, 0.3) is 10.4 Å². The number of esters is 1. The summed E-state index contributed by atoms with van der Waals surface area (Å²) >= 11 is 0. The fourth-order valence-electron chi connectivity index (χ4n) is 1.83. The highest BCUT2D eigenvalue weighted by atomic mass is 16.5. The molecule has 0 aliphatic heterocycles. The molecule has 1 atom stereocenters. The molecule has 0 amide bonds. The molecule has 0 rings (SSSR count). The van der Waals surface area contributed by atoms with E-state index in [0.717, 1.165) is 19.3 Å². The summed E-state index contributed by atoms with van der Waals surface area (Å²) in [5.41, 5.74) is 8.19. The van der Waals surface area contributed by atoms with E-state index in [1.54, 1.807) is 6.92 Å². The van der Waals surface area contributed by atoms with E-state index in [1.807, 2.05) is 0 Å². The summed E-state index contributed by atoms with van der Waals surface area (Å²) in [6, 6.07) is -0.282. The molecule has 0 fully saturated rings. The van der Waals surface area contributed by atoms with Crippen LogP contribution in [0.3, 0.4) is 0 Å². The van der Waals surface area contributed by atoms with Crippen LogP contribution in [-0.4, -0.2) is 31.7 Å². The van der Waals surface area contributed by atoms with Crippen LogP contribution in [0.1, 0.15) is 52.4 Å². The lowest BCUT2D eigenvalue weighted by molar-refractivity contribution is -0.145. The van der Waals surface area contributed by atoms with E-state index in [-0.39, 0.29) is 12.0 Å². The summed E-state index contributed by atoms with van der Waals surface area (Å²) in [7, 11) is 0. The summed E-state index contributed by atoms with van der Waals surface area (Å²) in [5, 5.41) is 6.53. The van der Waals surface area contributed by atoms with E-state index in [1.165, 1.54) is 19.3 Å². The first-order chi connectivity index (χ1) is 9.26. The minimum atomic E-state index is -0.282. The molecule has 1 N–H and O–H groups in total. The third kappa shape index (κ3) is 10.4. The third-order valence-corrected chi connectivity index (χ3v) is 2.83. The maximum Gasteiger partial charge on any atom is 0.323 e. The van der Waals surface area contributed by atoms with Crippen molar-refractivity contribution in [3.63, 3.8) is 0 Å². The Kier molecular flexibility index (Phi) is 12.3. The lowest BCUT2D eigenvalue weighted by Gasteiger charge is -2.16. The van der Waals surface area contributed by atoms with Crippen LogP contribution in [0.4, 0.5) is 0 Å². The molecule has 0 aromatic rings. The Balaban J connectivity index is 3.95. The molecule has 0 spiro atoms. The Morgan fingerprint density at radius 3 is 2.68 bits per heavy atom. The number of rotatable bonds is 12. The number of nitrogens with zero attached hydrogens (tertiary/aromatic N) is 3. The highest BCUT2D eigenvalue weighted by Gasteiger charge is 2.17. The van der Waals surface area contributed by atoms with Gasteiger partial charge in [0.15, 0.2) is 0 Å².